The summed E-state index contributed by atoms with van der Waals surface area (Å²) in [6, 6.07) is 0. The second-order valence-corrected chi connectivity index (χ2v) is 7.41. The van der Waals surface area contributed by atoms with Crippen molar-refractivity contribution in [1.29, 1.82) is 0 Å². The zero-order valence-electron chi connectivity index (χ0n) is 12.6. The van der Waals surface area contributed by atoms with Gasteiger partial charge in [-0.25, -0.2) is 9.97 Å². The third-order valence-electron chi connectivity index (χ3n) is 3.82. The molecule has 0 bridgehead atoms. The fraction of sp³-hybridized carbons (Fsp3) is 0.533. The maximum absolute atomic E-state index is 12.6. The van der Waals surface area contributed by atoms with Crippen molar-refractivity contribution >= 4 is 28.6 Å². The van der Waals surface area contributed by atoms with Crippen LogP contribution >= 0.6 is 22.7 Å². The Bertz CT molecular complexity index is 652. The van der Waals surface area contributed by atoms with Gasteiger partial charge in [0.1, 0.15) is 5.69 Å². The Morgan fingerprint density at radius 2 is 2.27 bits per heavy atom. The summed E-state index contributed by atoms with van der Waals surface area (Å²) in [5.41, 5.74) is 7.16. The van der Waals surface area contributed by atoms with E-state index in [2.05, 4.69) is 15.3 Å². The zero-order chi connectivity index (χ0) is 15.5. The average molecular weight is 336 g/mol. The first-order chi connectivity index (χ1) is 10.7. The van der Waals surface area contributed by atoms with Gasteiger partial charge in [0, 0.05) is 41.9 Å². The molecule has 2 aromatic heterocycles. The van der Waals surface area contributed by atoms with Crippen LogP contribution in [0.4, 0.5) is 0 Å². The van der Waals surface area contributed by atoms with Crippen LogP contribution in [0.1, 0.15) is 45.0 Å². The molecule has 0 saturated carbocycles. The number of thiazole rings is 2. The third kappa shape index (κ3) is 3.37. The summed E-state index contributed by atoms with van der Waals surface area (Å²) in [6.07, 6.45) is 2.86. The molecule has 3 heterocycles. The summed E-state index contributed by atoms with van der Waals surface area (Å²) in [6.45, 7) is 4.13. The maximum Gasteiger partial charge on any atom is 0.273 e. The van der Waals surface area contributed by atoms with E-state index in [1.54, 1.807) is 11.3 Å². The first-order valence-electron chi connectivity index (χ1n) is 7.53. The number of nitrogens with zero attached hydrogens (tertiary/aromatic N) is 3. The molecule has 1 amide bonds. The SMILES string of the molecule is Cc1csc(C2CCCN(C(=O)c3csc(CCN)n3)C2)n1. The summed E-state index contributed by atoms with van der Waals surface area (Å²) < 4.78 is 0. The second kappa shape index (κ2) is 6.85. The molecule has 7 heteroatoms. The van der Waals surface area contributed by atoms with E-state index in [9.17, 15) is 4.79 Å². The Morgan fingerprint density at radius 1 is 1.41 bits per heavy atom. The standard InChI is InChI=1S/C15H20N4OS2/c1-10-8-22-14(17-10)11-3-2-6-19(7-11)15(20)12-9-21-13(18-12)4-5-16/h8-9,11H,2-7,16H2,1H3. The molecule has 2 N–H and O–H groups in total. The Balaban J connectivity index is 1.69. The number of hydrogen-bond acceptors (Lipinski definition) is 6. The van der Waals surface area contributed by atoms with Crippen molar-refractivity contribution in [3.63, 3.8) is 0 Å². The number of carbonyl (C=O) groups is 1. The predicted octanol–water partition coefficient (Wildman–Crippen LogP) is 2.43. The van der Waals surface area contributed by atoms with Crippen LogP contribution in [0.2, 0.25) is 0 Å². The van der Waals surface area contributed by atoms with E-state index in [1.165, 1.54) is 11.3 Å². The van der Waals surface area contributed by atoms with Crippen LogP contribution in [-0.4, -0.2) is 40.4 Å². The van der Waals surface area contributed by atoms with Crippen molar-refractivity contribution in [3.05, 3.63) is 32.2 Å². The minimum absolute atomic E-state index is 0.0394. The van der Waals surface area contributed by atoms with Crippen LogP contribution in [0.15, 0.2) is 10.8 Å². The second-order valence-electron chi connectivity index (χ2n) is 5.58. The molecule has 118 valence electrons. The molecular weight excluding hydrogens is 316 g/mol. The zero-order valence-corrected chi connectivity index (χ0v) is 14.3. The molecule has 1 fully saturated rings. The van der Waals surface area contributed by atoms with Gasteiger partial charge < -0.3 is 10.6 Å². The van der Waals surface area contributed by atoms with Crippen molar-refractivity contribution in [2.45, 2.75) is 32.1 Å². The van der Waals surface area contributed by atoms with Crippen molar-refractivity contribution < 1.29 is 4.79 Å². The molecule has 0 aliphatic carbocycles. The van der Waals surface area contributed by atoms with Gasteiger partial charge in [0.15, 0.2) is 0 Å². The molecule has 0 aromatic carbocycles. The topological polar surface area (TPSA) is 72.1 Å². The average Bonchev–Trinajstić information content (AvgIpc) is 3.16. The number of aromatic nitrogens is 2. The number of likely N-dealkylation sites (tertiary alicyclic amines) is 1. The quantitative estimate of drug-likeness (QED) is 0.931. The van der Waals surface area contributed by atoms with Crippen molar-refractivity contribution in [1.82, 2.24) is 14.9 Å². The molecule has 1 saturated heterocycles. The highest BCUT2D eigenvalue weighted by Gasteiger charge is 2.28. The van der Waals surface area contributed by atoms with Crippen LogP contribution < -0.4 is 5.73 Å². The molecule has 22 heavy (non-hydrogen) atoms. The highest BCUT2D eigenvalue weighted by atomic mass is 32.1. The molecule has 0 radical (unpaired) electrons. The molecule has 3 rings (SSSR count). The number of nitrogens with two attached hydrogens (primary N) is 1. The van der Waals surface area contributed by atoms with Crippen LogP contribution in [-0.2, 0) is 6.42 Å². The fourth-order valence-corrected chi connectivity index (χ4v) is 4.45. The van der Waals surface area contributed by atoms with Crippen molar-refractivity contribution in [2.24, 2.45) is 5.73 Å². The molecule has 2 aromatic rings. The van der Waals surface area contributed by atoms with Gasteiger partial charge in [0.2, 0.25) is 0 Å². The minimum atomic E-state index is 0.0394. The predicted molar refractivity (Wildman–Crippen MR) is 89.6 cm³/mol. The van der Waals surface area contributed by atoms with Gasteiger partial charge in [-0.3, -0.25) is 4.79 Å². The maximum atomic E-state index is 12.6. The summed E-state index contributed by atoms with van der Waals surface area (Å²) >= 11 is 3.22. The van der Waals surface area contributed by atoms with Gasteiger partial charge in [-0.05, 0) is 26.3 Å². The highest BCUT2D eigenvalue weighted by Crippen LogP contribution is 2.30. The summed E-state index contributed by atoms with van der Waals surface area (Å²) in [4.78, 5) is 23.5. The first kappa shape index (κ1) is 15.6. The molecule has 1 aliphatic rings. The summed E-state index contributed by atoms with van der Waals surface area (Å²) in [5.74, 6) is 0.399. The summed E-state index contributed by atoms with van der Waals surface area (Å²) in [5, 5.41) is 6.02. The number of rotatable bonds is 4. The van der Waals surface area contributed by atoms with E-state index in [1.807, 2.05) is 17.2 Å². The minimum Gasteiger partial charge on any atom is -0.337 e. The van der Waals surface area contributed by atoms with Crippen LogP contribution in [0, 0.1) is 6.92 Å². The number of hydrogen-bond donors (Lipinski definition) is 1. The smallest absolute Gasteiger partial charge is 0.273 e. The molecule has 0 spiro atoms. The molecule has 5 nitrogen and oxygen atoms in total. The van der Waals surface area contributed by atoms with Gasteiger partial charge in [0.05, 0.1) is 10.0 Å². The van der Waals surface area contributed by atoms with Crippen LogP contribution in [0.3, 0.4) is 0 Å². The third-order valence-corrected chi connectivity index (χ3v) is 5.86. The van der Waals surface area contributed by atoms with Crippen molar-refractivity contribution in [3.8, 4) is 0 Å². The molecule has 1 unspecified atom stereocenters. The Morgan fingerprint density at radius 3 is 3.00 bits per heavy atom. The molecule has 1 atom stereocenters. The Hall–Kier alpha value is -1.31. The van der Waals surface area contributed by atoms with Gasteiger partial charge in [-0.2, -0.15) is 0 Å². The highest BCUT2D eigenvalue weighted by molar-refractivity contribution is 7.10. The Labute approximate surface area is 138 Å². The fourth-order valence-electron chi connectivity index (χ4n) is 2.73. The number of piperidine rings is 1. The van der Waals surface area contributed by atoms with Gasteiger partial charge in [0.25, 0.3) is 5.91 Å². The summed E-state index contributed by atoms with van der Waals surface area (Å²) in [7, 11) is 0. The van der Waals surface area contributed by atoms with Crippen LogP contribution in [0.5, 0.6) is 0 Å². The van der Waals surface area contributed by atoms with Gasteiger partial charge >= 0.3 is 0 Å². The Kier molecular flexibility index (Phi) is 4.85. The van der Waals surface area contributed by atoms with E-state index in [0.717, 1.165) is 48.1 Å². The number of aryl methyl sites for hydroxylation is 1. The van der Waals surface area contributed by atoms with E-state index in [-0.39, 0.29) is 5.91 Å². The van der Waals surface area contributed by atoms with Gasteiger partial charge in [-0.1, -0.05) is 0 Å². The monoisotopic (exact) mass is 336 g/mol. The molecular formula is C15H20N4OS2. The van der Waals surface area contributed by atoms with Crippen molar-refractivity contribution in [2.75, 3.05) is 19.6 Å². The lowest BCUT2D eigenvalue weighted by Gasteiger charge is -2.31. The molecule has 1 aliphatic heterocycles. The van der Waals surface area contributed by atoms with Gasteiger partial charge in [-0.15, -0.1) is 22.7 Å². The largest absolute Gasteiger partial charge is 0.337 e. The van der Waals surface area contributed by atoms with E-state index in [4.69, 9.17) is 5.73 Å². The number of carbonyl (C=O) groups excluding carboxylic acids is 1. The number of amides is 1. The normalized spacial score (nSPS) is 18.6. The van der Waals surface area contributed by atoms with E-state index in [0.29, 0.717) is 18.2 Å². The first-order valence-corrected chi connectivity index (χ1v) is 9.29. The lowest BCUT2D eigenvalue weighted by molar-refractivity contribution is 0.0701. The van der Waals surface area contributed by atoms with E-state index >= 15 is 0 Å². The van der Waals surface area contributed by atoms with Crippen LogP contribution in [0.25, 0.3) is 0 Å². The lowest BCUT2D eigenvalue weighted by atomic mass is 9.98. The van der Waals surface area contributed by atoms with E-state index < -0.39 is 0 Å². The lowest BCUT2D eigenvalue weighted by Crippen LogP contribution is -2.39.